The lowest BCUT2D eigenvalue weighted by Gasteiger charge is -2.21. The van der Waals surface area contributed by atoms with Crippen molar-refractivity contribution in [2.45, 2.75) is 12.8 Å². The van der Waals surface area contributed by atoms with Gasteiger partial charge in [-0.2, -0.15) is 0 Å². The summed E-state index contributed by atoms with van der Waals surface area (Å²) in [6.07, 6.45) is 1.43. The number of carbonyl (C=O) groups excluding carboxylic acids is 2. The summed E-state index contributed by atoms with van der Waals surface area (Å²) in [4.78, 5) is 23.1. The summed E-state index contributed by atoms with van der Waals surface area (Å²) in [6.45, 7) is 1.71. The lowest BCUT2D eigenvalue weighted by atomic mass is 9.99. The zero-order valence-electron chi connectivity index (χ0n) is 11.4. The number of methoxy groups -OCH3 is 1. The van der Waals surface area contributed by atoms with Crippen LogP contribution in [0.5, 0.6) is 0 Å². The molecule has 0 bridgehead atoms. The fraction of sp³-hybridized carbons (Fsp3) is 0.429. The first-order chi connectivity index (χ1) is 9.69. The van der Waals surface area contributed by atoms with Crippen LogP contribution in [0.3, 0.4) is 0 Å². The number of carbonyl (C=O) groups is 2. The van der Waals surface area contributed by atoms with Crippen LogP contribution in [0, 0.1) is 5.92 Å². The highest BCUT2D eigenvalue weighted by atomic mass is 16.5. The lowest BCUT2D eigenvalue weighted by Crippen LogP contribution is -2.37. The fourth-order valence-corrected chi connectivity index (χ4v) is 2.13. The van der Waals surface area contributed by atoms with Gasteiger partial charge in [0.05, 0.1) is 13.0 Å². The molecule has 1 aliphatic rings. The Morgan fingerprint density at radius 2 is 1.85 bits per heavy atom. The van der Waals surface area contributed by atoms with Crippen molar-refractivity contribution in [1.29, 1.82) is 0 Å². The van der Waals surface area contributed by atoms with E-state index in [-0.39, 0.29) is 11.8 Å². The van der Waals surface area contributed by atoms with Crippen molar-refractivity contribution < 1.29 is 14.3 Å². The smallest absolute Gasteiger partial charge is 0.411 e. The Bertz CT molecular complexity index is 467. The van der Waals surface area contributed by atoms with Crippen LogP contribution in [0.1, 0.15) is 12.8 Å². The number of benzene rings is 1. The largest absolute Gasteiger partial charge is 0.453 e. The monoisotopic (exact) mass is 277 g/mol. The number of hydrogen-bond acceptors (Lipinski definition) is 4. The third kappa shape index (κ3) is 3.96. The molecule has 6 heteroatoms. The molecular formula is C14H19N3O3. The maximum atomic E-state index is 12.0. The normalized spacial score (nSPS) is 18.1. The first-order valence-corrected chi connectivity index (χ1v) is 6.65. The van der Waals surface area contributed by atoms with Gasteiger partial charge in [0, 0.05) is 17.9 Å². The molecule has 0 aromatic heterocycles. The third-order valence-corrected chi connectivity index (χ3v) is 3.25. The van der Waals surface area contributed by atoms with E-state index in [0.717, 1.165) is 31.6 Å². The molecule has 0 aliphatic carbocycles. The van der Waals surface area contributed by atoms with Crippen molar-refractivity contribution in [3.63, 3.8) is 0 Å². The molecule has 0 unspecified atom stereocenters. The molecule has 6 nitrogen and oxygen atoms in total. The van der Waals surface area contributed by atoms with Crippen molar-refractivity contribution in [3.8, 4) is 0 Å². The molecule has 0 saturated carbocycles. The van der Waals surface area contributed by atoms with Crippen molar-refractivity contribution >= 4 is 23.4 Å². The molecule has 1 heterocycles. The summed E-state index contributed by atoms with van der Waals surface area (Å²) in [5.74, 6) is 0.0579. The SMILES string of the molecule is COC(=O)Nc1ccc(NC(=O)[C@@H]2CCCNC2)cc1. The molecule has 1 aromatic carbocycles. The molecule has 0 spiro atoms. The highest BCUT2D eigenvalue weighted by molar-refractivity contribution is 5.93. The first-order valence-electron chi connectivity index (χ1n) is 6.65. The van der Waals surface area contributed by atoms with Gasteiger partial charge in [-0.25, -0.2) is 4.79 Å². The van der Waals surface area contributed by atoms with Crippen molar-refractivity contribution in [1.82, 2.24) is 5.32 Å². The minimum absolute atomic E-state index is 0.0246. The van der Waals surface area contributed by atoms with Crippen LogP contribution in [0.15, 0.2) is 24.3 Å². The predicted molar refractivity (Wildman–Crippen MR) is 76.7 cm³/mol. The molecule has 2 amide bonds. The molecular weight excluding hydrogens is 258 g/mol. The molecule has 1 fully saturated rings. The summed E-state index contributed by atoms with van der Waals surface area (Å²) >= 11 is 0. The topological polar surface area (TPSA) is 79.5 Å². The van der Waals surface area contributed by atoms with Gasteiger partial charge in [-0.05, 0) is 43.7 Å². The van der Waals surface area contributed by atoms with Crippen LogP contribution < -0.4 is 16.0 Å². The van der Waals surface area contributed by atoms with Crippen LogP contribution in [-0.4, -0.2) is 32.2 Å². The number of anilines is 2. The van der Waals surface area contributed by atoms with Gasteiger partial charge in [-0.1, -0.05) is 0 Å². The van der Waals surface area contributed by atoms with Crippen molar-refractivity contribution in [3.05, 3.63) is 24.3 Å². The molecule has 2 rings (SSSR count). The van der Waals surface area contributed by atoms with Gasteiger partial charge < -0.3 is 15.4 Å². The summed E-state index contributed by atoms with van der Waals surface area (Å²) in [5.41, 5.74) is 1.34. The molecule has 0 radical (unpaired) electrons. The van der Waals surface area contributed by atoms with Gasteiger partial charge in [0.15, 0.2) is 0 Å². The Labute approximate surface area is 117 Å². The van der Waals surface area contributed by atoms with Gasteiger partial charge in [-0.3, -0.25) is 10.1 Å². The van der Waals surface area contributed by atoms with E-state index in [0.29, 0.717) is 5.69 Å². The summed E-state index contributed by atoms with van der Waals surface area (Å²) in [5, 5.41) is 8.65. The second-order valence-electron chi connectivity index (χ2n) is 4.73. The zero-order chi connectivity index (χ0) is 14.4. The van der Waals surface area contributed by atoms with Gasteiger partial charge in [0.1, 0.15) is 0 Å². The van der Waals surface area contributed by atoms with Crippen LogP contribution in [0.2, 0.25) is 0 Å². The summed E-state index contributed by atoms with van der Waals surface area (Å²) in [6, 6.07) is 6.93. The van der Waals surface area contributed by atoms with Gasteiger partial charge >= 0.3 is 6.09 Å². The molecule has 20 heavy (non-hydrogen) atoms. The van der Waals surface area contributed by atoms with Crippen LogP contribution in [-0.2, 0) is 9.53 Å². The standard InChI is InChI=1S/C14H19N3O3/c1-20-14(19)17-12-6-4-11(5-7-12)16-13(18)10-3-2-8-15-9-10/h4-7,10,15H,2-3,8-9H2,1H3,(H,16,18)(H,17,19)/t10-/m1/s1. The van der Waals surface area contributed by atoms with Gasteiger partial charge in [0.2, 0.25) is 5.91 Å². The van der Waals surface area contributed by atoms with E-state index in [2.05, 4.69) is 20.7 Å². The maximum absolute atomic E-state index is 12.0. The number of amides is 2. The van der Waals surface area contributed by atoms with E-state index >= 15 is 0 Å². The summed E-state index contributed by atoms with van der Waals surface area (Å²) < 4.78 is 4.50. The molecule has 3 N–H and O–H groups in total. The third-order valence-electron chi connectivity index (χ3n) is 3.25. The van der Waals surface area contributed by atoms with E-state index in [4.69, 9.17) is 0 Å². The quantitative estimate of drug-likeness (QED) is 0.787. The molecule has 1 atom stereocenters. The molecule has 1 aliphatic heterocycles. The summed E-state index contributed by atoms with van der Waals surface area (Å²) in [7, 11) is 1.31. The minimum Gasteiger partial charge on any atom is -0.453 e. The number of hydrogen-bond donors (Lipinski definition) is 3. The molecule has 108 valence electrons. The Balaban J connectivity index is 1.89. The Hall–Kier alpha value is -2.08. The van der Waals surface area contributed by atoms with Crippen molar-refractivity contribution in [2.24, 2.45) is 5.92 Å². The van der Waals surface area contributed by atoms with E-state index in [1.165, 1.54) is 7.11 Å². The number of nitrogens with one attached hydrogen (secondary N) is 3. The average molecular weight is 277 g/mol. The lowest BCUT2D eigenvalue weighted by molar-refractivity contribution is -0.120. The predicted octanol–water partition coefficient (Wildman–Crippen LogP) is 1.80. The van der Waals surface area contributed by atoms with Crippen molar-refractivity contribution in [2.75, 3.05) is 30.8 Å². The molecule has 1 saturated heterocycles. The highest BCUT2D eigenvalue weighted by Crippen LogP contribution is 2.17. The number of rotatable bonds is 3. The van der Waals surface area contributed by atoms with Gasteiger partial charge in [0.25, 0.3) is 0 Å². The fourth-order valence-electron chi connectivity index (χ4n) is 2.13. The van der Waals surface area contributed by atoms with Gasteiger partial charge in [-0.15, -0.1) is 0 Å². The highest BCUT2D eigenvalue weighted by Gasteiger charge is 2.20. The Morgan fingerprint density at radius 1 is 1.20 bits per heavy atom. The Morgan fingerprint density at radius 3 is 2.40 bits per heavy atom. The minimum atomic E-state index is -0.518. The number of ether oxygens (including phenoxy) is 1. The average Bonchev–Trinajstić information content (AvgIpc) is 2.50. The van der Waals surface area contributed by atoms with E-state index < -0.39 is 6.09 Å². The molecule has 1 aromatic rings. The maximum Gasteiger partial charge on any atom is 0.411 e. The van der Waals surface area contributed by atoms with E-state index in [9.17, 15) is 9.59 Å². The van der Waals surface area contributed by atoms with E-state index in [1.807, 2.05) is 0 Å². The van der Waals surface area contributed by atoms with Crippen LogP contribution in [0.4, 0.5) is 16.2 Å². The second-order valence-corrected chi connectivity index (χ2v) is 4.73. The first kappa shape index (κ1) is 14.3. The Kier molecular flexibility index (Phi) is 4.95. The zero-order valence-corrected chi connectivity index (χ0v) is 11.4. The van der Waals surface area contributed by atoms with Crippen LogP contribution in [0.25, 0.3) is 0 Å². The van der Waals surface area contributed by atoms with Crippen LogP contribution >= 0.6 is 0 Å². The van der Waals surface area contributed by atoms with E-state index in [1.54, 1.807) is 24.3 Å². The number of piperidine rings is 1. The second kappa shape index (κ2) is 6.91.